The summed E-state index contributed by atoms with van der Waals surface area (Å²) in [5.41, 5.74) is 0. The molecule has 0 aliphatic carbocycles. The Morgan fingerprint density at radius 1 is 1.00 bits per heavy atom. The van der Waals surface area contributed by atoms with Crippen LogP contribution in [-0.2, 0) is 24.0 Å². The third-order valence-corrected chi connectivity index (χ3v) is 0.756. The fraction of sp³-hybridized carbons (Fsp3) is 0. The van der Waals surface area contributed by atoms with Crippen LogP contribution in [0.3, 0.4) is 0 Å². The molecule has 0 unspecified atom stereocenters. The number of rotatable bonds is 0. The van der Waals surface area contributed by atoms with Crippen molar-refractivity contribution in [3.05, 3.63) is 30.3 Å². The second-order valence-electron chi connectivity index (χ2n) is 1.85. The van der Waals surface area contributed by atoms with E-state index in [4.69, 9.17) is 24.4 Å². The molecule has 0 saturated heterocycles. The number of para-hydroxylation sites is 1. The van der Waals surface area contributed by atoms with Gasteiger partial charge in [0.25, 0.3) is 0 Å². The first kappa shape index (κ1) is 15.2. The molecule has 0 spiro atoms. The van der Waals surface area contributed by atoms with Crippen LogP contribution in [0.25, 0.3) is 0 Å². The summed E-state index contributed by atoms with van der Waals surface area (Å²) in [4.78, 5) is 21.6. The van der Waals surface area contributed by atoms with Crippen LogP contribution < -0.4 is 0 Å². The van der Waals surface area contributed by atoms with Crippen LogP contribution in [0.15, 0.2) is 30.3 Å². The predicted molar refractivity (Wildman–Crippen MR) is 42.4 cm³/mol. The van der Waals surface area contributed by atoms with Gasteiger partial charge in [-0.05, 0) is 12.1 Å². The van der Waals surface area contributed by atoms with Gasteiger partial charge in [0.1, 0.15) is 5.75 Å². The van der Waals surface area contributed by atoms with E-state index in [1.807, 2.05) is 6.07 Å². The van der Waals surface area contributed by atoms with Gasteiger partial charge in [-0.3, -0.25) is 0 Å². The average molecular weight is 257 g/mol. The second-order valence-corrected chi connectivity index (χ2v) is 2.88. The van der Waals surface area contributed by atoms with Crippen LogP contribution in [0.2, 0.25) is 0 Å². The number of phenolic OH excluding ortho intramolecular Hbond substituents is 1. The quantitative estimate of drug-likeness (QED) is 0.400. The Bertz CT molecular complexity index is 251. The van der Waals surface area contributed by atoms with Crippen molar-refractivity contribution in [2.45, 2.75) is 0 Å². The van der Waals surface area contributed by atoms with Crippen LogP contribution >= 0.6 is 7.82 Å². The molecule has 13 heavy (non-hydrogen) atoms. The molecule has 0 radical (unpaired) electrons. The SMILES string of the molecule is O=P(O)(O)O.Oc1ccccc1.[Zn]. The third kappa shape index (κ3) is 18.6. The molecular formula is C6H9O5PZn. The average Bonchev–Trinajstić information content (AvgIpc) is 1.85. The van der Waals surface area contributed by atoms with E-state index in [2.05, 4.69) is 0 Å². The summed E-state index contributed by atoms with van der Waals surface area (Å²) in [6.07, 6.45) is 0. The Labute approximate surface area is 88.0 Å². The van der Waals surface area contributed by atoms with Gasteiger partial charge in [-0.1, -0.05) is 18.2 Å². The molecule has 1 aromatic rings. The van der Waals surface area contributed by atoms with Crippen molar-refractivity contribution in [2.75, 3.05) is 0 Å². The largest absolute Gasteiger partial charge is 0.508 e. The Morgan fingerprint density at radius 3 is 1.46 bits per heavy atom. The third-order valence-electron chi connectivity index (χ3n) is 0.756. The summed E-state index contributed by atoms with van der Waals surface area (Å²) < 4.78 is 8.88. The molecule has 0 heterocycles. The van der Waals surface area contributed by atoms with Gasteiger partial charge in [0.05, 0.1) is 0 Å². The summed E-state index contributed by atoms with van der Waals surface area (Å²) in [6.45, 7) is 0. The van der Waals surface area contributed by atoms with Gasteiger partial charge in [0.2, 0.25) is 0 Å². The molecule has 5 nitrogen and oxygen atoms in total. The summed E-state index contributed by atoms with van der Waals surface area (Å²) >= 11 is 0. The monoisotopic (exact) mass is 256 g/mol. The maximum Gasteiger partial charge on any atom is 0.466 e. The fourth-order valence-electron chi connectivity index (χ4n) is 0.428. The molecule has 1 rings (SSSR count). The molecule has 0 amide bonds. The Morgan fingerprint density at radius 2 is 1.31 bits per heavy atom. The molecule has 1 aromatic carbocycles. The minimum atomic E-state index is -4.64. The van der Waals surface area contributed by atoms with Gasteiger partial charge in [0, 0.05) is 19.5 Å². The van der Waals surface area contributed by atoms with Crippen LogP contribution in [0.1, 0.15) is 0 Å². The first-order valence-electron chi connectivity index (χ1n) is 2.92. The van der Waals surface area contributed by atoms with Crippen molar-refractivity contribution in [3.8, 4) is 5.75 Å². The molecule has 0 fully saturated rings. The molecule has 0 aliphatic rings. The van der Waals surface area contributed by atoms with Crippen molar-refractivity contribution in [2.24, 2.45) is 0 Å². The Kier molecular flexibility index (Phi) is 8.42. The van der Waals surface area contributed by atoms with Gasteiger partial charge < -0.3 is 19.8 Å². The molecule has 7 heteroatoms. The van der Waals surface area contributed by atoms with Crippen LogP contribution in [0, 0.1) is 0 Å². The first-order valence-corrected chi connectivity index (χ1v) is 4.48. The molecule has 70 valence electrons. The molecule has 0 aromatic heterocycles. The topological polar surface area (TPSA) is 98.0 Å². The van der Waals surface area contributed by atoms with E-state index in [0.29, 0.717) is 5.75 Å². The number of hydrogen-bond donors (Lipinski definition) is 4. The van der Waals surface area contributed by atoms with E-state index in [1.54, 1.807) is 24.3 Å². The second kappa shape index (κ2) is 7.19. The number of aromatic hydroxyl groups is 1. The number of hydrogen-bond acceptors (Lipinski definition) is 2. The van der Waals surface area contributed by atoms with Gasteiger partial charge in [-0.2, -0.15) is 0 Å². The van der Waals surface area contributed by atoms with Gasteiger partial charge in [-0.25, -0.2) is 4.57 Å². The van der Waals surface area contributed by atoms with Crippen LogP contribution in [0.5, 0.6) is 5.75 Å². The molecule has 0 bridgehead atoms. The normalized spacial score (nSPS) is 9.15. The summed E-state index contributed by atoms with van der Waals surface area (Å²) in [5.74, 6) is 0.322. The van der Waals surface area contributed by atoms with E-state index in [9.17, 15) is 0 Å². The van der Waals surface area contributed by atoms with Crippen molar-refractivity contribution in [1.29, 1.82) is 0 Å². The molecule has 0 aliphatic heterocycles. The first-order chi connectivity index (χ1) is 5.39. The minimum Gasteiger partial charge on any atom is -0.508 e. The number of benzene rings is 1. The Hall–Kier alpha value is -0.247. The van der Waals surface area contributed by atoms with E-state index in [1.165, 1.54) is 0 Å². The van der Waals surface area contributed by atoms with E-state index in [-0.39, 0.29) is 19.5 Å². The van der Waals surface area contributed by atoms with Crippen LogP contribution in [-0.4, -0.2) is 19.8 Å². The Balaban J connectivity index is 0. The van der Waals surface area contributed by atoms with Crippen molar-refractivity contribution >= 4 is 7.82 Å². The van der Waals surface area contributed by atoms with Crippen molar-refractivity contribution in [3.63, 3.8) is 0 Å². The minimum absolute atomic E-state index is 0. The molecule has 4 N–H and O–H groups in total. The smallest absolute Gasteiger partial charge is 0.466 e. The van der Waals surface area contributed by atoms with E-state index >= 15 is 0 Å². The van der Waals surface area contributed by atoms with Crippen LogP contribution in [0.4, 0.5) is 0 Å². The maximum absolute atomic E-state index is 8.88. The number of phenols is 1. The maximum atomic E-state index is 8.88. The van der Waals surface area contributed by atoms with Crippen molar-refractivity contribution < 1.29 is 43.8 Å². The number of phosphoric acid groups is 1. The summed E-state index contributed by atoms with van der Waals surface area (Å²) in [5, 5.41) is 8.63. The zero-order valence-corrected chi connectivity index (χ0v) is 10.6. The zero-order valence-electron chi connectivity index (χ0n) is 6.74. The van der Waals surface area contributed by atoms with Gasteiger partial charge in [0.15, 0.2) is 0 Å². The standard InChI is InChI=1S/C6H6O.H3O4P.Zn/c7-6-4-2-1-3-5-6;1-5(2,3)4;/h1-5,7H;(H3,1,2,3,4);. The van der Waals surface area contributed by atoms with E-state index in [0.717, 1.165) is 0 Å². The summed E-state index contributed by atoms with van der Waals surface area (Å²) in [7, 11) is -4.64. The zero-order chi connectivity index (χ0) is 9.61. The fourth-order valence-corrected chi connectivity index (χ4v) is 0.428. The molecular weight excluding hydrogens is 248 g/mol. The molecule has 0 atom stereocenters. The van der Waals surface area contributed by atoms with Gasteiger partial charge >= 0.3 is 7.82 Å². The molecule has 0 saturated carbocycles. The van der Waals surface area contributed by atoms with E-state index < -0.39 is 7.82 Å². The van der Waals surface area contributed by atoms with Gasteiger partial charge in [-0.15, -0.1) is 0 Å². The summed E-state index contributed by atoms with van der Waals surface area (Å²) in [6, 6.07) is 8.71. The predicted octanol–water partition coefficient (Wildman–Crippen LogP) is 0.461. The van der Waals surface area contributed by atoms with Crippen molar-refractivity contribution in [1.82, 2.24) is 0 Å².